The quantitative estimate of drug-likeness (QED) is 0.762. The van der Waals surface area contributed by atoms with Gasteiger partial charge in [-0.1, -0.05) is 6.07 Å². The van der Waals surface area contributed by atoms with E-state index < -0.39 is 17.4 Å². The average Bonchev–Trinajstić information content (AvgIpc) is 3.32. The summed E-state index contributed by atoms with van der Waals surface area (Å²) in [5.74, 6) is -1.40. The lowest BCUT2D eigenvalue weighted by Crippen LogP contribution is -2.26. The van der Waals surface area contributed by atoms with Crippen LogP contribution < -0.4 is 16.6 Å². The molecule has 1 fully saturated rings. The molecule has 3 N–H and O–H groups in total. The molecule has 1 aromatic carbocycles. The summed E-state index contributed by atoms with van der Waals surface area (Å²) in [6.45, 7) is 0.406. The molecule has 0 radical (unpaired) electrons. The number of imide groups is 1. The minimum absolute atomic E-state index is 0.00410. The Morgan fingerprint density at radius 1 is 1.04 bits per heavy atom. The van der Waals surface area contributed by atoms with Gasteiger partial charge in [-0.25, -0.2) is 0 Å². The Kier molecular flexibility index (Phi) is 2.75. The molecule has 0 saturated heterocycles. The minimum Gasteiger partial charge on any atom is -0.384 e. The number of nitrogen functional groups attached to an aromatic ring is 1. The van der Waals surface area contributed by atoms with E-state index in [9.17, 15) is 19.2 Å². The molecule has 3 amide bonds. The first-order chi connectivity index (χ1) is 12.5. The van der Waals surface area contributed by atoms with Crippen LogP contribution in [0.25, 0.3) is 5.69 Å². The third-order valence-corrected chi connectivity index (χ3v) is 5.15. The van der Waals surface area contributed by atoms with Crippen molar-refractivity contribution in [3.05, 3.63) is 56.9 Å². The van der Waals surface area contributed by atoms with Gasteiger partial charge in [-0.2, -0.15) is 0 Å². The number of nitrogens with two attached hydrogens (primary N) is 1. The molecule has 2 aromatic rings. The number of rotatable bonds is 2. The number of aromatic nitrogens is 1. The van der Waals surface area contributed by atoms with Crippen molar-refractivity contribution in [1.29, 1.82) is 0 Å². The molecule has 1 aromatic heterocycles. The van der Waals surface area contributed by atoms with Gasteiger partial charge in [0.15, 0.2) is 0 Å². The van der Waals surface area contributed by atoms with Gasteiger partial charge in [-0.05, 0) is 25.0 Å². The van der Waals surface area contributed by atoms with Crippen molar-refractivity contribution in [3.63, 3.8) is 0 Å². The van der Waals surface area contributed by atoms with Crippen molar-refractivity contribution in [3.8, 4) is 5.69 Å². The summed E-state index contributed by atoms with van der Waals surface area (Å²) in [7, 11) is 0. The number of amides is 3. The Morgan fingerprint density at radius 3 is 2.54 bits per heavy atom. The van der Waals surface area contributed by atoms with Gasteiger partial charge in [0, 0.05) is 29.8 Å². The van der Waals surface area contributed by atoms with Crippen LogP contribution in [-0.2, 0) is 6.54 Å². The SMILES string of the molecule is Nc1c2c(cc(=O)n1-c1cccc3c1CN(C1CC1)C3=O)C(=O)NC2=O. The molecule has 2 aliphatic heterocycles. The molecular formula is C18H14N4O4. The molecule has 8 heteroatoms. The Morgan fingerprint density at radius 2 is 1.81 bits per heavy atom. The van der Waals surface area contributed by atoms with Gasteiger partial charge in [0.2, 0.25) is 0 Å². The zero-order chi connectivity index (χ0) is 18.2. The number of hydrogen-bond donors (Lipinski definition) is 2. The van der Waals surface area contributed by atoms with Crippen molar-refractivity contribution in [2.24, 2.45) is 0 Å². The summed E-state index contributed by atoms with van der Waals surface area (Å²) in [5, 5.41) is 2.15. The molecule has 26 heavy (non-hydrogen) atoms. The largest absolute Gasteiger partial charge is 0.384 e. The van der Waals surface area contributed by atoms with Crippen molar-refractivity contribution in [1.82, 2.24) is 14.8 Å². The number of nitrogens with zero attached hydrogens (tertiary/aromatic N) is 2. The molecule has 3 aliphatic rings. The maximum atomic E-state index is 12.7. The van der Waals surface area contributed by atoms with Crippen LogP contribution in [0.2, 0.25) is 0 Å². The maximum absolute atomic E-state index is 12.7. The molecule has 3 heterocycles. The summed E-state index contributed by atoms with van der Waals surface area (Å²) in [5.41, 5.74) is 7.29. The van der Waals surface area contributed by atoms with E-state index >= 15 is 0 Å². The van der Waals surface area contributed by atoms with E-state index in [-0.39, 0.29) is 28.9 Å². The van der Waals surface area contributed by atoms with E-state index in [2.05, 4.69) is 5.32 Å². The van der Waals surface area contributed by atoms with E-state index in [1.165, 1.54) is 4.57 Å². The summed E-state index contributed by atoms with van der Waals surface area (Å²) < 4.78 is 1.21. The van der Waals surface area contributed by atoms with Crippen LogP contribution in [0.5, 0.6) is 0 Å². The average molecular weight is 350 g/mol. The van der Waals surface area contributed by atoms with E-state index in [1.807, 2.05) is 0 Å². The minimum atomic E-state index is -0.630. The Hall–Kier alpha value is -3.42. The van der Waals surface area contributed by atoms with Crippen molar-refractivity contribution in [2.45, 2.75) is 25.4 Å². The second kappa shape index (κ2) is 4.81. The number of pyridine rings is 1. The fourth-order valence-electron chi connectivity index (χ4n) is 3.76. The Bertz CT molecular complexity index is 1100. The van der Waals surface area contributed by atoms with Crippen molar-refractivity contribution >= 4 is 23.5 Å². The highest BCUT2D eigenvalue weighted by Gasteiger charge is 2.40. The van der Waals surface area contributed by atoms with Crippen LogP contribution in [0, 0.1) is 0 Å². The number of benzene rings is 1. The predicted molar refractivity (Wildman–Crippen MR) is 91.1 cm³/mol. The van der Waals surface area contributed by atoms with Crippen LogP contribution in [0.4, 0.5) is 5.82 Å². The molecule has 1 saturated carbocycles. The first-order valence-corrected chi connectivity index (χ1v) is 8.32. The fourth-order valence-corrected chi connectivity index (χ4v) is 3.76. The lowest BCUT2D eigenvalue weighted by Gasteiger charge is -2.16. The Balaban J connectivity index is 1.74. The molecule has 0 spiro atoms. The zero-order valence-corrected chi connectivity index (χ0v) is 13.6. The smallest absolute Gasteiger partial charge is 0.262 e. The topological polar surface area (TPSA) is 114 Å². The molecule has 0 bridgehead atoms. The molecular weight excluding hydrogens is 336 g/mol. The van der Waals surface area contributed by atoms with Gasteiger partial charge in [0.1, 0.15) is 5.82 Å². The summed E-state index contributed by atoms with van der Waals surface area (Å²) in [4.78, 5) is 50.9. The molecule has 0 unspecified atom stereocenters. The number of carbonyl (C=O) groups is 3. The van der Waals surface area contributed by atoms with Gasteiger partial charge in [0.05, 0.1) is 16.8 Å². The Labute approximate surface area is 147 Å². The van der Waals surface area contributed by atoms with Gasteiger partial charge < -0.3 is 10.6 Å². The monoisotopic (exact) mass is 350 g/mol. The standard InChI is InChI=1S/C18H14N4O4/c19-15-14-10(16(24)20-17(14)25)6-13(23)22(15)12-3-1-2-9-11(12)7-21(18(9)26)8-4-5-8/h1-3,6,8H,4-5,7,19H2,(H,20,24,25). The molecule has 0 atom stereocenters. The van der Waals surface area contributed by atoms with Crippen molar-refractivity contribution in [2.75, 3.05) is 5.73 Å². The summed E-state index contributed by atoms with van der Waals surface area (Å²) in [6, 6.07) is 6.48. The lowest BCUT2D eigenvalue weighted by molar-refractivity contribution is 0.0765. The number of hydrogen-bond acceptors (Lipinski definition) is 5. The highest BCUT2D eigenvalue weighted by atomic mass is 16.2. The van der Waals surface area contributed by atoms with E-state index in [0.29, 0.717) is 23.4 Å². The van der Waals surface area contributed by atoms with Crippen LogP contribution in [0.1, 0.15) is 49.5 Å². The van der Waals surface area contributed by atoms with E-state index in [1.54, 1.807) is 23.1 Å². The summed E-state index contributed by atoms with van der Waals surface area (Å²) >= 11 is 0. The van der Waals surface area contributed by atoms with Gasteiger partial charge >= 0.3 is 0 Å². The van der Waals surface area contributed by atoms with Crippen molar-refractivity contribution < 1.29 is 14.4 Å². The van der Waals surface area contributed by atoms with E-state index in [0.717, 1.165) is 18.9 Å². The third kappa shape index (κ3) is 1.83. The number of anilines is 1. The zero-order valence-electron chi connectivity index (χ0n) is 13.6. The number of nitrogens with one attached hydrogen (secondary N) is 1. The number of fused-ring (bicyclic) bond motifs is 2. The summed E-state index contributed by atoms with van der Waals surface area (Å²) in [6.07, 6.45) is 1.97. The third-order valence-electron chi connectivity index (χ3n) is 5.15. The maximum Gasteiger partial charge on any atom is 0.262 e. The highest BCUT2D eigenvalue weighted by Crippen LogP contribution is 2.37. The number of carbonyl (C=O) groups excluding carboxylic acids is 3. The van der Waals surface area contributed by atoms with Crippen LogP contribution in [0.15, 0.2) is 29.1 Å². The van der Waals surface area contributed by atoms with Crippen LogP contribution in [0.3, 0.4) is 0 Å². The lowest BCUT2D eigenvalue weighted by atomic mass is 10.1. The fraction of sp³-hybridized carbons (Fsp3) is 0.222. The van der Waals surface area contributed by atoms with Gasteiger partial charge in [-0.3, -0.25) is 29.1 Å². The molecule has 1 aliphatic carbocycles. The van der Waals surface area contributed by atoms with Crippen LogP contribution in [-0.4, -0.2) is 33.2 Å². The highest BCUT2D eigenvalue weighted by molar-refractivity contribution is 6.23. The first-order valence-electron chi connectivity index (χ1n) is 8.32. The van der Waals surface area contributed by atoms with Gasteiger partial charge in [0.25, 0.3) is 23.3 Å². The molecule has 5 rings (SSSR count). The van der Waals surface area contributed by atoms with E-state index in [4.69, 9.17) is 5.73 Å². The second-order valence-electron chi connectivity index (χ2n) is 6.74. The molecule has 130 valence electrons. The predicted octanol–water partition coefficient (Wildman–Crippen LogP) is 0.422. The normalized spacial score (nSPS) is 18.2. The second-order valence-corrected chi connectivity index (χ2v) is 6.74. The molecule has 8 nitrogen and oxygen atoms in total. The first kappa shape index (κ1) is 14.9. The van der Waals surface area contributed by atoms with Crippen LogP contribution >= 0.6 is 0 Å². The van der Waals surface area contributed by atoms with Gasteiger partial charge in [-0.15, -0.1) is 0 Å².